The highest BCUT2D eigenvalue weighted by Crippen LogP contribution is 2.20. The van der Waals surface area contributed by atoms with Gasteiger partial charge in [0.2, 0.25) is 0 Å². The van der Waals surface area contributed by atoms with Gasteiger partial charge in [0, 0.05) is 12.7 Å². The SMILES string of the molecule is CCCNCc1ccnn1CC1CCC(C)O1. The molecule has 1 aliphatic rings. The highest BCUT2D eigenvalue weighted by Gasteiger charge is 2.22. The molecule has 1 fully saturated rings. The highest BCUT2D eigenvalue weighted by molar-refractivity contribution is 5.00. The second-order valence-corrected chi connectivity index (χ2v) is 4.83. The zero-order chi connectivity index (χ0) is 12.1. The van der Waals surface area contributed by atoms with Gasteiger partial charge in [-0.25, -0.2) is 0 Å². The van der Waals surface area contributed by atoms with Crippen molar-refractivity contribution < 1.29 is 4.74 Å². The molecule has 0 aromatic carbocycles. The maximum Gasteiger partial charge on any atom is 0.0775 e. The van der Waals surface area contributed by atoms with E-state index in [2.05, 4.69) is 35.0 Å². The minimum Gasteiger partial charge on any atom is -0.373 e. The molecule has 0 spiro atoms. The maximum atomic E-state index is 5.83. The molecule has 96 valence electrons. The van der Waals surface area contributed by atoms with Crippen LogP contribution in [0.2, 0.25) is 0 Å². The van der Waals surface area contributed by atoms with E-state index in [4.69, 9.17) is 4.74 Å². The standard InChI is InChI=1S/C13H23N3O/c1-3-7-14-9-12-6-8-15-16(12)10-13-5-4-11(2)17-13/h6,8,11,13-14H,3-5,7,9-10H2,1-2H3. The lowest BCUT2D eigenvalue weighted by atomic mass is 10.2. The minimum atomic E-state index is 0.342. The van der Waals surface area contributed by atoms with E-state index in [1.165, 1.54) is 12.1 Å². The van der Waals surface area contributed by atoms with Crippen molar-refractivity contribution in [1.82, 2.24) is 15.1 Å². The van der Waals surface area contributed by atoms with Gasteiger partial charge in [-0.2, -0.15) is 5.10 Å². The van der Waals surface area contributed by atoms with Crippen LogP contribution in [0.1, 0.15) is 38.8 Å². The molecule has 2 atom stereocenters. The third-order valence-corrected chi connectivity index (χ3v) is 3.23. The number of rotatable bonds is 6. The van der Waals surface area contributed by atoms with Crippen molar-refractivity contribution >= 4 is 0 Å². The molecule has 2 heterocycles. The largest absolute Gasteiger partial charge is 0.373 e. The number of hydrogen-bond donors (Lipinski definition) is 1. The number of nitrogens with one attached hydrogen (secondary N) is 1. The molecule has 17 heavy (non-hydrogen) atoms. The van der Waals surface area contributed by atoms with Gasteiger partial charge in [0.05, 0.1) is 24.4 Å². The molecule has 2 rings (SSSR count). The Hall–Kier alpha value is -0.870. The first kappa shape index (κ1) is 12.6. The van der Waals surface area contributed by atoms with E-state index < -0.39 is 0 Å². The van der Waals surface area contributed by atoms with E-state index in [1.807, 2.05) is 6.20 Å². The van der Waals surface area contributed by atoms with Crippen molar-refractivity contribution in [2.45, 2.75) is 58.4 Å². The lowest BCUT2D eigenvalue weighted by molar-refractivity contribution is 0.0431. The third-order valence-electron chi connectivity index (χ3n) is 3.23. The monoisotopic (exact) mass is 237 g/mol. The van der Waals surface area contributed by atoms with Crippen LogP contribution in [-0.4, -0.2) is 28.5 Å². The summed E-state index contributed by atoms with van der Waals surface area (Å²) in [7, 11) is 0. The fraction of sp³-hybridized carbons (Fsp3) is 0.769. The molecule has 1 aliphatic heterocycles. The lowest BCUT2D eigenvalue weighted by Gasteiger charge is -2.14. The molecule has 4 nitrogen and oxygen atoms in total. The van der Waals surface area contributed by atoms with Crippen LogP contribution in [0.5, 0.6) is 0 Å². The number of nitrogens with zero attached hydrogens (tertiary/aromatic N) is 2. The Morgan fingerprint density at radius 3 is 3.12 bits per heavy atom. The van der Waals surface area contributed by atoms with Gasteiger partial charge in [-0.3, -0.25) is 4.68 Å². The third kappa shape index (κ3) is 3.54. The lowest BCUT2D eigenvalue weighted by Crippen LogP contribution is -2.22. The van der Waals surface area contributed by atoms with Gasteiger partial charge >= 0.3 is 0 Å². The number of ether oxygens (including phenoxy) is 1. The summed E-state index contributed by atoms with van der Waals surface area (Å²) in [5, 5.41) is 7.79. The Bertz CT molecular complexity index is 337. The zero-order valence-electron chi connectivity index (χ0n) is 10.9. The molecule has 4 heteroatoms. The van der Waals surface area contributed by atoms with E-state index in [0.29, 0.717) is 12.2 Å². The summed E-state index contributed by atoms with van der Waals surface area (Å²) in [5.41, 5.74) is 1.25. The average Bonchev–Trinajstić information content (AvgIpc) is 2.90. The Labute approximate surface area is 103 Å². The quantitative estimate of drug-likeness (QED) is 0.769. The van der Waals surface area contributed by atoms with Gasteiger partial charge in [-0.1, -0.05) is 6.92 Å². The highest BCUT2D eigenvalue weighted by atomic mass is 16.5. The number of aromatic nitrogens is 2. The van der Waals surface area contributed by atoms with Gasteiger partial charge in [0.1, 0.15) is 0 Å². The molecule has 1 aromatic heterocycles. The molecule has 0 saturated carbocycles. The summed E-state index contributed by atoms with van der Waals surface area (Å²) in [6.07, 6.45) is 6.13. The number of hydrogen-bond acceptors (Lipinski definition) is 3. The first-order valence-electron chi connectivity index (χ1n) is 6.66. The topological polar surface area (TPSA) is 39.1 Å². The minimum absolute atomic E-state index is 0.342. The average molecular weight is 237 g/mol. The summed E-state index contributed by atoms with van der Waals surface area (Å²) in [6, 6.07) is 2.08. The molecule has 1 N–H and O–H groups in total. The summed E-state index contributed by atoms with van der Waals surface area (Å²) in [4.78, 5) is 0. The Morgan fingerprint density at radius 1 is 1.53 bits per heavy atom. The van der Waals surface area contributed by atoms with Crippen LogP contribution in [0, 0.1) is 0 Å². The van der Waals surface area contributed by atoms with Crippen molar-refractivity contribution in [3.8, 4) is 0 Å². The van der Waals surface area contributed by atoms with Gasteiger partial charge in [-0.05, 0) is 38.8 Å². The van der Waals surface area contributed by atoms with E-state index in [1.54, 1.807) is 0 Å². The van der Waals surface area contributed by atoms with E-state index >= 15 is 0 Å². The van der Waals surface area contributed by atoms with Gasteiger partial charge in [0.15, 0.2) is 0 Å². The molecule has 0 bridgehead atoms. The van der Waals surface area contributed by atoms with Crippen molar-refractivity contribution in [3.05, 3.63) is 18.0 Å². The molecule has 0 amide bonds. The fourth-order valence-electron chi connectivity index (χ4n) is 2.28. The summed E-state index contributed by atoms with van der Waals surface area (Å²) in [6.45, 7) is 7.17. The molecule has 1 aromatic rings. The second-order valence-electron chi connectivity index (χ2n) is 4.83. The predicted molar refractivity (Wildman–Crippen MR) is 67.8 cm³/mol. The molecule has 0 radical (unpaired) electrons. The predicted octanol–water partition coefficient (Wildman–Crippen LogP) is 1.95. The van der Waals surface area contributed by atoms with Crippen molar-refractivity contribution in [2.24, 2.45) is 0 Å². The van der Waals surface area contributed by atoms with E-state index in [0.717, 1.165) is 32.5 Å². The molecular formula is C13H23N3O. The molecular weight excluding hydrogens is 214 g/mol. The van der Waals surface area contributed by atoms with Crippen LogP contribution in [0.25, 0.3) is 0 Å². The van der Waals surface area contributed by atoms with Crippen LogP contribution in [0.3, 0.4) is 0 Å². The smallest absolute Gasteiger partial charge is 0.0775 e. The van der Waals surface area contributed by atoms with Crippen molar-refractivity contribution in [1.29, 1.82) is 0 Å². The van der Waals surface area contributed by atoms with Gasteiger partial charge in [-0.15, -0.1) is 0 Å². The Morgan fingerprint density at radius 2 is 2.41 bits per heavy atom. The van der Waals surface area contributed by atoms with E-state index in [9.17, 15) is 0 Å². The van der Waals surface area contributed by atoms with Crippen molar-refractivity contribution in [2.75, 3.05) is 6.54 Å². The Balaban J connectivity index is 1.85. The first-order chi connectivity index (χ1) is 8.29. The van der Waals surface area contributed by atoms with Crippen LogP contribution in [0.4, 0.5) is 0 Å². The summed E-state index contributed by atoms with van der Waals surface area (Å²) in [5.74, 6) is 0. The summed E-state index contributed by atoms with van der Waals surface area (Å²) < 4.78 is 7.91. The van der Waals surface area contributed by atoms with E-state index in [-0.39, 0.29) is 0 Å². The van der Waals surface area contributed by atoms with Crippen LogP contribution in [0.15, 0.2) is 12.3 Å². The van der Waals surface area contributed by atoms with Crippen LogP contribution >= 0.6 is 0 Å². The second kappa shape index (κ2) is 6.17. The van der Waals surface area contributed by atoms with Gasteiger partial charge in [0.25, 0.3) is 0 Å². The van der Waals surface area contributed by atoms with Crippen LogP contribution < -0.4 is 5.32 Å². The Kier molecular flexibility index (Phi) is 4.57. The first-order valence-corrected chi connectivity index (χ1v) is 6.66. The maximum absolute atomic E-state index is 5.83. The normalized spacial score (nSPS) is 24.4. The van der Waals surface area contributed by atoms with Crippen molar-refractivity contribution in [3.63, 3.8) is 0 Å². The molecule has 1 saturated heterocycles. The van der Waals surface area contributed by atoms with Crippen LogP contribution in [-0.2, 0) is 17.8 Å². The molecule has 2 unspecified atom stereocenters. The fourth-order valence-corrected chi connectivity index (χ4v) is 2.28. The summed E-state index contributed by atoms with van der Waals surface area (Å²) >= 11 is 0. The molecule has 0 aliphatic carbocycles. The zero-order valence-corrected chi connectivity index (χ0v) is 10.9. The van der Waals surface area contributed by atoms with Gasteiger partial charge < -0.3 is 10.1 Å².